The first-order valence-corrected chi connectivity index (χ1v) is 8.21. The van der Waals surface area contributed by atoms with Crippen molar-refractivity contribution in [2.75, 3.05) is 13.1 Å². The second-order valence-electron chi connectivity index (χ2n) is 6.24. The van der Waals surface area contributed by atoms with Gasteiger partial charge in [0, 0.05) is 18.8 Å². The van der Waals surface area contributed by atoms with E-state index in [1.807, 2.05) is 24.8 Å². The standard InChI is InChI=1S/C16H23N5O3/c1-11-7-12(2)21(18-11)9-16(22)20-6-4-5-14(8-20)23-10-15-17-13(3)19-24-15/h7,14H,4-6,8-10H2,1-3H3/t14-/m1/s1. The Morgan fingerprint density at radius 2 is 2.25 bits per heavy atom. The van der Waals surface area contributed by atoms with Crippen molar-refractivity contribution in [2.24, 2.45) is 0 Å². The highest BCUT2D eigenvalue weighted by molar-refractivity contribution is 5.76. The van der Waals surface area contributed by atoms with E-state index >= 15 is 0 Å². The predicted octanol–water partition coefficient (Wildman–Crippen LogP) is 1.40. The zero-order chi connectivity index (χ0) is 17.1. The monoisotopic (exact) mass is 333 g/mol. The second kappa shape index (κ2) is 7.12. The largest absolute Gasteiger partial charge is 0.367 e. The average Bonchev–Trinajstić information content (AvgIpc) is 3.11. The predicted molar refractivity (Wildman–Crippen MR) is 85.1 cm³/mol. The van der Waals surface area contributed by atoms with Crippen LogP contribution in [-0.4, -0.2) is 49.9 Å². The Morgan fingerprint density at radius 1 is 1.42 bits per heavy atom. The molecule has 0 radical (unpaired) electrons. The fourth-order valence-corrected chi connectivity index (χ4v) is 2.95. The van der Waals surface area contributed by atoms with Gasteiger partial charge in [-0.15, -0.1) is 0 Å². The molecule has 3 heterocycles. The number of likely N-dealkylation sites (tertiary alicyclic amines) is 1. The van der Waals surface area contributed by atoms with Crippen LogP contribution in [0.3, 0.4) is 0 Å². The van der Waals surface area contributed by atoms with Gasteiger partial charge in [0.15, 0.2) is 5.82 Å². The third-order valence-corrected chi connectivity index (χ3v) is 4.13. The van der Waals surface area contributed by atoms with E-state index in [0.29, 0.717) is 18.3 Å². The Bertz CT molecular complexity index is 708. The number of aryl methyl sites for hydroxylation is 3. The first-order chi connectivity index (χ1) is 11.5. The van der Waals surface area contributed by atoms with Crippen molar-refractivity contribution >= 4 is 5.91 Å². The molecule has 0 aliphatic carbocycles. The number of hydrogen-bond acceptors (Lipinski definition) is 6. The summed E-state index contributed by atoms with van der Waals surface area (Å²) in [5.41, 5.74) is 1.92. The molecule has 0 spiro atoms. The number of ether oxygens (including phenoxy) is 1. The van der Waals surface area contributed by atoms with Crippen molar-refractivity contribution in [1.29, 1.82) is 0 Å². The molecule has 1 saturated heterocycles. The summed E-state index contributed by atoms with van der Waals surface area (Å²) in [6.07, 6.45) is 1.85. The van der Waals surface area contributed by atoms with E-state index in [9.17, 15) is 4.79 Å². The highest BCUT2D eigenvalue weighted by atomic mass is 16.5. The fraction of sp³-hybridized carbons (Fsp3) is 0.625. The molecule has 1 aliphatic heterocycles. The number of hydrogen-bond donors (Lipinski definition) is 0. The van der Waals surface area contributed by atoms with Gasteiger partial charge < -0.3 is 14.2 Å². The molecule has 2 aromatic rings. The van der Waals surface area contributed by atoms with Crippen LogP contribution in [0.4, 0.5) is 0 Å². The number of rotatable bonds is 5. The number of nitrogens with zero attached hydrogens (tertiary/aromatic N) is 5. The summed E-state index contributed by atoms with van der Waals surface area (Å²) in [6, 6.07) is 1.97. The van der Waals surface area contributed by atoms with E-state index in [1.165, 1.54) is 0 Å². The normalized spacial score (nSPS) is 18.1. The van der Waals surface area contributed by atoms with Gasteiger partial charge in [-0.3, -0.25) is 9.48 Å². The molecule has 2 aromatic heterocycles. The van der Waals surface area contributed by atoms with Gasteiger partial charge in [-0.25, -0.2) is 0 Å². The van der Waals surface area contributed by atoms with Crippen LogP contribution in [-0.2, 0) is 22.7 Å². The minimum Gasteiger partial charge on any atom is -0.367 e. The molecule has 130 valence electrons. The number of amides is 1. The third-order valence-electron chi connectivity index (χ3n) is 4.13. The summed E-state index contributed by atoms with van der Waals surface area (Å²) in [7, 11) is 0. The topological polar surface area (TPSA) is 86.3 Å². The van der Waals surface area contributed by atoms with Gasteiger partial charge in [0.1, 0.15) is 13.2 Å². The molecule has 0 N–H and O–H groups in total. The Morgan fingerprint density at radius 3 is 2.92 bits per heavy atom. The molecular formula is C16H23N5O3. The first-order valence-electron chi connectivity index (χ1n) is 8.21. The molecule has 8 heteroatoms. The van der Waals surface area contributed by atoms with Crippen LogP contribution in [0, 0.1) is 20.8 Å². The van der Waals surface area contributed by atoms with E-state index in [0.717, 1.165) is 30.8 Å². The van der Waals surface area contributed by atoms with Gasteiger partial charge >= 0.3 is 0 Å². The maximum absolute atomic E-state index is 12.5. The van der Waals surface area contributed by atoms with E-state index < -0.39 is 0 Å². The van der Waals surface area contributed by atoms with Gasteiger partial charge in [-0.05, 0) is 39.7 Å². The van der Waals surface area contributed by atoms with Crippen LogP contribution >= 0.6 is 0 Å². The summed E-state index contributed by atoms with van der Waals surface area (Å²) < 4.78 is 12.6. The number of aromatic nitrogens is 4. The van der Waals surface area contributed by atoms with Crippen molar-refractivity contribution < 1.29 is 14.1 Å². The summed E-state index contributed by atoms with van der Waals surface area (Å²) in [4.78, 5) is 18.5. The van der Waals surface area contributed by atoms with Crippen molar-refractivity contribution in [3.63, 3.8) is 0 Å². The summed E-state index contributed by atoms with van der Waals surface area (Å²) >= 11 is 0. The highest BCUT2D eigenvalue weighted by Gasteiger charge is 2.25. The van der Waals surface area contributed by atoms with E-state index in [2.05, 4.69) is 15.2 Å². The summed E-state index contributed by atoms with van der Waals surface area (Å²) in [5.74, 6) is 1.14. The van der Waals surface area contributed by atoms with Crippen molar-refractivity contribution in [3.8, 4) is 0 Å². The van der Waals surface area contributed by atoms with Crippen molar-refractivity contribution in [3.05, 3.63) is 29.2 Å². The maximum Gasteiger partial charge on any atom is 0.252 e. The lowest BCUT2D eigenvalue weighted by atomic mass is 10.1. The number of carbonyl (C=O) groups is 1. The van der Waals surface area contributed by atoms with E-state index in [-0.39, 0.29) is 25.2 Å². The van der Waals surface area contributed by atoms with Crippen molar-refractivity contribution in [1.82, 2.24) is 24.8 Å². The first kappa shape index (κ1) is 16.6. The van der Waals surface area contributed by atoms with E-state index in [4.69, 9.17) is 9.26 Å². The SMILES string of the molecule is Cc1cc(C)n(CC(=O)N2CCC[C@@H](OCc3nc(C)no3)C2)n1. The molecular weight excluding hydrogens is 310 g/mol. The zero-order valence-electron chi connectivity index (χ0n) is 14.4. The quantitative estimate of drug-likeness (QED) is 0.822. The molecule has 1 atom stereocenters. The van der Waals surface area contributed by atoms with Gasteiger partial charge in [-0.1, -0.05) is 5.16 Å². The van der Waals surface area contributed by atoms with Crippen LogP contribution in [0.5, 0.6) is 0 Å². The number of piperidine rings is 1. The molecule has 3 rings (SSSR count). The molecule has 0 aromatic carbocycles. The maximum atomic E-state index is 12.5. The lowest BCUT2D eigenvalue weighted by Crippen LogP contribution is -2.44. The Hall–Kier alpha value is -2.22. The fourth-order valence-electron chi connectivity index (χ4n) is 2.95. The molecule has 1 amide bonds. The number of carbonyl (C=O) groups excluding carboxylic acids is 1. The van der Waals surface area contributed by atoms with Gasteiger partial charge in [0.25, 0.3) is 5.89 Å². The smallest absolute Gasteiger partial charge is 0.252 e. The molecule has 8 nitrogen and oxygen atoms in total. The lowest BCUT2D eigenvalue weighted by Gasteiger charge is -2.32. The van der Waals surface area contributed by atoms with Crippen LogP contribution < -0.4 is 0 Å². The van der Waals surface area contributed by atoms with E-state index in [1.54, 1.807) is 11.6 Å². The zero-order valence-corrected chi connectivity index (χ0v) is 14.4. The third kappa shape index (κ3) is 4.00. The van der Waals surface area contributed by atoms with Crippen molar-refractivity contribution in [2.45, 2.75) is 52.9 Å². The van der Waals surface area contributed by atoms with Crippen LogP contribution in [0.2, 0.25) is 0 Å². The molecule has 0 unspecified atom stereocenters. The minimum absolute atomic E-state index is 0.00430. The van der Waals surface area contributed by atoms with Crippen LogP contribution in [0.1, 0.15) is 35.9 Å². The lowest BCUT2D eigenvalue weighted by molar-refractivity contribution is -0.136. The molecule has 24 heavy (non-hydrogen) atoms. The van der Waals surface area contributed by atoms with Gasteiger partial charge in [-0.2, -0.15) is 10.1 Å². The summed E-state index contributed by atoms with van der Waals surface area (Å²) in [5, 5.41) is 8.09. The molecule has 0 saturated carbocycles. The molecule has 0 bridgehead atoms. The molecule has 1 fully saturated rings. The average molecular weight is 333 g/mol. The van der Waals surface area contributed by atoms with Gasteiger partial charge in [0.2, 0.25) is 5.91 Å². The molecule has 1 aliphatic rings. The highest BCUT2D eigenvalue weighted by Crippen LogP contribution is 2.16. The Kier molecular flexibility index (Phi) is 4.94. The Labute approximate surface area is 140 Å². The Balaban J connectivity index is 1.52. The second-order valence-corrected chi connectivity index (χ2v) is 6.24. The minimum atomic E-state index is -0.00430. The van der Waals surface area contributed by atoms with Crippen LogP contribution in [0.25, 0.3) is 0 Å². The van der Waals surface area contributed by atoms with Crippen LogP contribution in [0.15, 0.2) is 10.6 Å². The summed E-state index contributed by atoms with van der Waals surface area (Å²) in [6.45, 7) is 7.57. The van der Waals surface area contributed by atoms with Gasteiger partial charge in [0.05, 0.1) is 11.8 Å².